The summed E-state index contributed by atoms with van der Waals surface area (Å²) in [6.45, 7) is 6.76. The Morgan fingerprint density at radius 3 is 2.50 bits per heavy atom. The Hall–Kier alpha value is -0.770. The molecule has 0 heterocycles. The van der Waals surface area contributed by atoms with Gasteiger partial charge in [-0.15, -0.1) is 0 Å². The van der Waals surface area contributed by atoms with Crippen molar-refractivity contribution >= 4 is 6.09 Å². The predicted molar refractivity (Wildman–Crippen MR) is 71.5 cm³/mol. The highest BCUT2D eigenvalue weighted by Crippen LogP contribution is 2.26. The van der Waals surface area contributed by atoms with Crippen molar-refractivity contribution in [2.75, 3.05) is 6.54 Å². The number of carbonyl (C=O) groups is 1. The van der Waals surface area contributed by atoms with E-state index in [-0.39, 0.29) is 12.1 Å². The van der Waals surface area contributed by atoms with Gasteiger partial charge in [0.25, 0.3) is 0 Å². The van der Waals surface area contributed by atoms with E-state index < -0.39 is 5.60 Å². The number of nitrogens with one attached hydrogen (secondary N) is 2. The van der Waals surface area contributed by atoms with Gasteiger partial charge in [0.2, 0.25) is 0 Å². The topological polar surface area (TPSA) is 50.4 Å². The standard InChI is InChI=1S/C14H26N2O2/c1-14(2,3)18-13(17)16-12-8-11(12)15-9-10-6-4-5-7-10/h10-12,15H,4-9H2,1-3H3,(H,16,17). The van der Waals surface area contributed by atoms with Crippen LogP contribution in [0.4, 0.5) is 4.79 Å². The van der Waals surface area contributed by atoms with Crippen LogP contribution in [-0.4, -0.2) is 30.3 Å². The fourth-order valence-electron chi connectivity index (χ4n) is 2.57. The molecule has 0 spiro atoms. The molecule has 0 radical (unpaired) electrons. The quantitative estimate of drug-likeness (QED) is 0.810. The van der Waals surface area contributed by atoms with E-state index in [0.29, 0.717) is 6.04 Å². The second kappa shape index (κ2) is 5.47. The monoisotopic (exact) mass is 254 g/mol. The summed E-state index contributed by atoms with van der Waals surface area (Å²) in [7, 11) is 0. The Balaban J connectivity index is 1.58. The van der Waals surface area contributed by atoms with Crippen LogP contribution in [0.3, 0.4) is 0 Å². The zero-order valence-corrected chi connectivity index (χ0v) is 11.8. The van der Waals surface area contributed by atoms with E-state index in [1.807, 2.05) is 20.8 Å². The minimum atomic E-state index is -0.411. The molecular formula is C14H26N2O2. The van der Waals surface area contributed by atoms with Gasteiger partial charge < -0.3 is 15.4 Å². The van der Waals surface area contributed by atoms with Gasteiger partial charge in [-0.25, -0.2) is 4.79 Å². The number of ether oxygens (including phenoxy) is 1. The minimum absolute atomic E-state index is 0.265. The van der Waals surface area contributed by atoms with Gasteiger partial charge in [0.1, 0.15) is 5.60 Å². The molecule has 2 aliphatic rings. The number of rotatable bonds is 4. The van der Waals surface area contributed by atoms with E-state index in [9.17, 15) is 4.79 Å². The van der Waals surface area contributed by atoms with Gasteiger partial charge in [0.15, 0.2) is 0 Å². The molecule has 2 unspecified atom stereocenters. The Kier molecular flexibility index (Phi) is 4.15. The molecule has 0 aromatic heterocycles. The molecule has 4 heteroatoms. The summed E-state index contributed by atoms with van der Waals surface area (Å²) in [4.78, 5) is 11.6. The third kappa shape index (κ3) is 4.48. The molecular weight excluding hydrogens is 228 g/mol. The van der Waals surface area contributed by atoms with Gasteiger partial charge in [-0.3, -0.25) is 0 Å². The lowest BCUT2D eigenvalue weighted by molar-refractivity contribution is 0.0522. The third-order valence-electron chi connectivity index (χ3n) is 3.64. The zero-order chi connectivity index (χ0) is 13.2. The van der Waals surface area contributed by atoms with Gasteiger partial charge in [-0.05, 0) is 52.5 Å². The molecule has 4 nitrogen and oxygen atoms in total. The van der Waals surface area contributed by atoms with Gasteiger partial charge >= 0.3 is 6.09 Å². The number of hydrogen-bond donors (Lipinski definition) is 2. The van der Waals surface area contributed by atoms with Crippen LogP contribution < -0.4 is 10.6 Å². The fourth-order valence-corrected chi connectivity index (χ4v) is 2.57. The lowest BCUT2D eigenvalue weighted by Gasteiger charge is -2.19. The van der Waals surface area contributed by atoms with E-state index in [1.165, 1.54) is 25.7 Å². The third-order valence-corrected chi connectivity index (χ3v) is 3.64. The fraction of sp³-hybridized carbons (Fsp3) is 0.929. The number of amides is 1. The van der Waals surface area contributed by atoms with Crippen molar-refractivity contribution in [2.45, 2.75) is 70.6 Å². The van der Waals surface area contributed by atoms with Crippen molar-refractivity contribution in [3.63, 3.8) is 0 Å². The first-order valence-electron chi connectivity index (χ1n) is 7.17. The minimum Gasteiger partial charge on any atom is -0.444 e. The van der Waals surface area contributed by atoms with Gasteiger partial charge in [-0.2, -0.15) is 0 Å². The van der Waals surface area contributed by atoms with Gasteiger partial charge in [-0.1, -0.05) is 12.8 Å². The van der Waals surface area contributed by atoms with E-state index in [2.05, 4.69) is 10.6 Å². The lowest BCUT2D eigenvalue weighted by Crippen LogP contribution is -2.37. The molecule has 2 N–H and O–H groups in total. The molecule has 1 amide bonds. The molecule has 2 aliphatic carbocycles. The van der Waals surface area contributed by atoms with Crippen molar-refractivity contribution in [1.82, 2.24) is 10.6 Å². The Bertz CT molecular complexity index is 293. The van der Waals surface area contributed by atoms with Crippen LogP contribution >= 0.6 is 0 Å². The van der Waals surface area contributed by atoms with E-state index in [1.54, 1.807) is 0 Å². The highest BCUT2D eigenvalue weighted by molar-refractivity contribution is 5.68. The first-order valence-corrected chi connectivity index (χ1v) is 7.17. The van der Waals surface area contributed by atoms with E-state index >= 15 is 0 Å². The summed E-state index contributed by atoms with van der Waals surface area (Å²) in [6.07, 6.45) is 6.24. The van der Waals surface area contributed by atoms with Crippen LogP contribution in [0, 0.1) is 5.92 Å². The smallest absolute Gasteiger partial charge is 0.407 e. The van der Waals surface area contributed by atoms with Crippen molar-refractivity contribution in [3.8, 4) is 0 Å². The first kappa shape index (κ1) is 13.7. The van der Waals surface area contributed by atoms with Gasteiger partial charge in [0, 0.05) is 12.1 Å². The number of carbonyl (C=O) groups excluding carboxylic acids is 1. The summed E-state index contributed by atoms with van der Waals surface area (Å²) in [6, 6.07) is 0.722. The summed E-state index contributed by atoms with van der Waals surface area (Å²) >= 11 is 0. The van der Waals surface area contributed by atoms with Crippen molar-refractivity contribution < 1.29 is 9.53 Å². The number of hydrogen-bond acceptors (Lipinski definition) is 3. The van der Waals surface area contributed by atoms with Crippen LogP contribution in [0.25, 0.3) is 0 Å². The molecule has 2 atom stereocenters. The Morgan fingerprint density at radius 2 is 1.89 bits per heavy atom. The molecule has 2 rings (SSSR count). The molecule has 18 heavy (non-hydrogen) atoms. The SMILES string of the molecule is CC(C)(C)OC(=O)NC1CC1NCC1CCCC1. The van der Waals surface area contributed by atoms with Gasteiger partial charge in [0.05, 0.1) is 0 Å². The summed E-state index contributed by atoms with van der Waals surface area (Å²) in [5.41, 5.74) is -0.411. The molecule has 0 aliphatic heterocycles. The normalized spacial score (nSPS) is 28.2. The maximum Gasteiger partial charge on any atom is 0.407 e. The average Bonchev–Trinajstić information content (AvgIpc) is 2.76. The maximum atomic E-state index is 11.6. The summed E-state index contributed by atoms with van der Waals surface area (Å²) in [5.74, 6) is 0.854. The van der Waals surface area contributed by atoms with E-state index in [0.717, 1.165) is 18.9 Å². The van der Waals surface area contributed by atoms with Crippen molar-refractivity contribution in [1.29, 1.82) is 0 Å². The molecule has 2 saturated carbocycles. The van der Waals surface area contributed by atoms with Crippen molar-refractivity contribution in [2.24, 2.45) is 5.92 Å². The second-order valence-corrected chi connectivity index (χ2v) is 6.65. The molecule has 0 aromatic rings. The molecule has 2 fully saturated rings. The van der Waals surface area contributed by atoms with Crippen molar-refractivity contribution in [3.05, 3.63) is 0 Å². The average molecular weight is 254 g/mol. The van der Waals surface area contributed by atoms with Crippen LogP contribution in [0.1, 0.15) is 52.9 Å². The van der Waals surface area contributed by atoms with Crippen LogP contribution in [0.5, 0.6) is 0 Å². The van der Waals surface area contributed by atoms with Crippen LogP contribution in [0.15, 0.2) is 0 Å². The second-order valence-electron chi connectivity index (χ2n) is 6.65. The molecule has 0 aromatic carbocycles. The Morgan fingerprint density at radius 1 is 1.22 bits per heavy atom. The first-order chi connectivity index (χ1) is 8.44. The Labute approximate surface area is 110 Å². The lowest BCUT2D eigenvalue weighted by atomic mass is 10.1. The maximum absolute atomic E-state index is 11.6. The number of alkyl carbamates (subject to hydrolysis) is 1. The van der Waals surface area contributed by atoms with Crippen LogP contribution in [0.2, 0.25) is 0 Å². The highest BCUT2D eigenvalue weighted by atomic mass is 16.6. The molecule has 0 bridgehead atoms. The zero-order valence-electron chi connectivity index (χ0n) is 11.8. The largest absolute Gasteiger partial charge is 0.444 e. The summed E-state index contributed by atoms with van der Waals surface area (Å²) < 4.78 is 5.24. The van der Waals surface area contributed by atoms with E-state index in [4.69, 9.17) is 4.74 Å². The molecule has 0 saturated heterocycles. The summed E-state index contributed by atoms with van der Waals surface area (Å²) in [5, 5.41) is 6.46. The predicted octanol–water partition coefficient (Wildman–Crippen LogP) is 2.43. The molecule has 104 valence electrons. The highest BCUT2D eigenvalue weighted by Gasteiger charge is 2.39. The van der Waals surface area contributed by atoms with Crippen LogP contribution in [-0.2, 0) is 4.74 Å².